The predicted molar refractivity (Wildman–Crippen MR) is 150 cm³/mol. The number of rotatable bonds is 5. The first-order chi connectivity index (χ1) is 17.9. The Morgan fingerprint density at radius 3 is 2.65 bits per heavy atom. The van der Waals surface area contributed by atoms with Crippen LogP contribution in [0.3, 0.4) is 0 Å². The van der Waals surface area contributed by atoms with E-state index < -0.39 is 0 Å². The molecule has 2 N–H and O–H groups in total. The van der Waals surface area contributed by atoms with Gasteiger partial charge in [0, 0.05) is 56.3 Å². The van der Waals surface area contributed by atoms with Crippen LogP contribution in [-0.2, 0) is 17.7 Å². The van der Waals surface area contributed by atoms with Crippen LogP contribution in [0.2, 0.25) is 0 Å². The van der Waals surface area contributed by atoms with Crippen molar-refractivity contribution in [2.75, 3.05) is 44.3 Å². The molecule has 2 saturated heterocycles. The summed E-state index contributed by atoms with van der Waals surface area (Å²) in [6.45, 7) is 10.4. The number of hydrogen-bond acceptors (Lipinski definition) is 7. The molecular weight excluding hydrogens is 480 g/mol. The Balaban J connectivity index is 1.39. The molecule has 0 spiro atoms. The van der Waals surface area contributed by atoms with Crippen LogP contribution < -0.4 is 10.6 Å². The number of anilines is 1. The minimum atomic E-state index is -0.0494. The van der Waals surface area contributed by atoms with Gasteiger partial charge in [-0.3, -0.25) is 9.69 Å². The van der Waals surface area contributed by atoms with Gasteiger partial charge in [0.15, 0.2) is 5.78 Å². The first-order valence-electron chi connectivity index (χ1n) is 13.4. The van der Waals surface area contributed by atoms with Crippen molar-refractivity contribution in [2.45, 2.75) is 45.7 Å². The third-order valence-corrected chi connectivity index (χ3v) is 9.11. The van der Waals surface area contributed by atoms with Crippen molar-refractivity contribution in [1.29, 1.82) is 0 Å². The molecule has 3 aliphatic rings. The van der Waals surface area contributed by atoms with E-state index in [0.29, 0.717) is 19.6 Å². The first kappa shape index (κ1) is 24.7. The van der Waals surface area contributed by atoms with Crippen molar-refractivity contribution in [3.05, 3.63) is 58.5 Å². The van der Waals surface area contributed by atoms with Crippen LogP contribution in [-0.4, -0.2) is 61.1 Å². The number of Topliss-reactive ketones (excluding diaryl/α,β-unsaturated/α-hetero) is 1. The van der Waals surface area contributed by atoms with Gasteiger partial charge in [-0.15, -0.1) is 11.3 Å². The number of likely N-dealkylation sites (tertiary alicyclic amines) is 1. The number of benzene rings is 1. The Morgan fingerprint density at radius 1 is 1.08 bits per heavy atom. The van der Waals surface area contributed by atoms with Crippen LogP contribution in [0.5, 0.6) is 0 Å². The summed E-state index contributed by atoms with van der Waals surface area (Å²) in [5, 5.41) is 1.17. The second-order valence-corrected chi connectivity index (χ2v) is 12.5. The lowest BCUT2D eigenvalue weighted by molar-refractivity contribution is 0.0918. The standard InChI is InChI=1S/C30H36N4O2S/c1-30(2)16-23-27(29(34-11-13-36-14-12-34)37-28(23)26(35)17-30)25-8-4-7-24(32-25)21-6-3-5-20(15-21)18-33-10-9-22(31)19-33/h3-8,15,22H,9-14,16-19,31H2,1-2H3/t22-/m1/s1. The maximum absolute atomic E-state index is 13.2. The number of carbonyl (C=O) groups excluding carboxylic acids is 1. The molecule has 7 heteroatoms. The average molecular weight is 517 g/mol. The van der Waals surface area contributed by atoms with Gasteiger partial charge < -0.3 is 15.4 Å². The summed E-state index contributed by atoms with van der Waals surface area (Å²) in [7, 11) is 0. The molecule has 6 rings (SSSR count). The van der Waals surface area contributed by atoms with Crippen LogP contribution in [0.25, 0.3) is 22.5 Å². The number of pyridine rings is 1. The highest BCUT2D eigenvalue weighted by molar-refractivity contribution is 7.19. The second kappa shape index (κ2) is 9.95. The maximum Gasteiger partial charge on any atom is 0.173 e. The van der Waals surface area contributed by atoms with Crippen LogP contribution >= 0.6 is 11.3 Å². The molecular formula is C30H36N4O2S. The highest BCUT2D eigenvalue weighted by atomic mass is 32.1. The van der Waals surface area contributed by atoms with E-state index in [-0.39, 0.29) is 17.2 Å². The molecule has 37 heavy (non-hydrogen) atoms. The van der Waals surface area contributed by atoms with E-state index in [1.54, 1.807) is 11.3 Å². The van der Waals surface area contributed by atoms with E-state index in [9.17, 15) is 4.79 Å². The second-order valence-electron chi connectivity index (χ2n) is 11.5. The molecule has 4 heterocycles. The number of ether oxygens (including phenoxy) is 1. The molecule has 0 bridgehead atoms. The Bertz CT molecular complexity index is 1310. The van der Waals surface area contributed by atoms with Crippen molar-refractivity contribution >= 4 is 22.1 Å². The number of fused-ring (bicyclic) bond motifs is 1. The number of nitrogens with zero attached hydrogens (tertiary/aromatic N) is 3. The van der Waals surface area contributed by atoms with E-state index in [4.69, 9.17) is 15.5 Å². The van der Waals surface area contributed by atoms with Gasteiger partial charge in [-0.2, -0.15) is 0 Å². The van der Waals surface area contributed by atoms with Crippen molar-refractivity contribution in [2.24, 2.45) is 11.1 Å². The number of nitrogens with two attached hydrogens (primary N) is 1. The van der Waals surface area contributed by atoms with E-state index in [1.165, 1.54) is 16.1 Å². The Hall–Kier alpha value is -2.58. The number of carbonyl (C=O) groups is 1. The van der Waals surface area contributed by atoms with Crippen molar-refractivity contribution in [3.8, 4) is 22.5 Å². The number of morpholine rings is 1. The fourth-order valence-electron chi connectivity index (χ4n) is 5.98. The zero-order chi connectivity index (χ0) is 25.6. The van der Waals surface area contributed by atoms with Gasteiger partial charge in [-0.25, -0.2) is 4.98 Å². The zero-order valence-electron chi connectivity index (χ0n) is 21.8. The molecule has 0 amide bonds. The molecule has 194 valence electrons. The SMILES string of the molecule is CC1(C)CC(=O)c2sc(N3CCOCC3)c(-c3cccc(-c4cccc(CN5CC[C@@H](N)C5)c4)n3)c2C1. The molecule has 0 radical (unpaired) electrons. The van der Waals surface area contributed by atoms with Crippen LogP contribution in [0.15, 0.2) is 42.5 Å². The number of thiophene rings is 1. The highest BCUT2D eigenvalue weighted by Crippen LogP contribution is 2.49. The lowest BCUT2D eigenvalue weighted by atomic mass is 9.75. The molecule has 0 saturated carbocycles. The molecule has 1 aromatic carbocycles. The quantitative estimate of drug-likeness (QED) is 0.515. The predicted octanol–water partition coefficient (Wildman–Crippen LogP) is 5.00. The van der Waals surface area contributed by atoms with Crippen LogP contribution in [0.1, 0.15) is 47.5 Å². The summed E-state index contributed by atoms with van der Waals surface area (Å²) in [5.74, 6) is 0.266. The summed E-state index contributed by atoms with van der Waals surface area (Å²) in [5.41, 5.74) is 12.7. The van der Waals surface area contributed by atoms with Gasteiger partial charge in [-0.05, 0) is 47.6 Å². The highest BCUT2D eigenvalue weighted by Gasteiger charge is 2.37. The molecule has 2 fully saturated rings. The van der Waals surface area contributed by atoms with Gasteiger partial charge in [0.2, 0.25) is 0 Å². The summed E-state index contributed by atoms with van der Waals surface area (Å²) < 4.78 is 5.63. The minimum absolute atomic E-state index is 0.0494. The fraction of sp³-hybridized carbons (Fsp3) is 0.467. The normalized spacial score (nSPS) is 21.9. The average Bonchev–Trinajstić information content (AvgIpc) is 3.47. The van der Waals surface area contributed by atoms with Gasteiger partial charge in [0.25, 0.3) is 0 Å². The van der Waals surface area contributed by atoms with Gasteiger partial charge in [-0.1, -0.05) is 38.1 Å². The summed E-state index contributed by atoms with van der Waals surface area (Å²) in [4.78, 5) is 24.2. The van der Waals surface area contributed by atoms with E-state index in [1.807, 2.05) is 0 Å². The Kier molecular flexibility index (Phi) is 6.65. The topological polar surface area (TPSA) is 71.7 Å². The van der Waals surface area contributed by atoms with Crippen molar-refractivity contribution < 1.29 is 9.53 Å². The number of aromatic nitrogens is 1. The van der Waals surface area contributed by atoms with Crippen molar-refractivity contribution in [1.82, 2.24) is 9.88 Å². The van der Waals surface area contributed by atoms with E-state index in [0.717, 1.165) is 73.0 Å². The minimum Gasteiger partial charge on any atom is -0.378 e. The van der Waals surface area contributed by atoms with Gasteiger partial charge >= 0.3 is 0 Å². The zero-order valence-corrected chi connectivity index (χ0v) is 22.7. The Morgan fingerprint density at radius 2 is 1.86 bits per heavy atom. The van der Waals surface area contributed by atoms with Crippen LogP contribution in [0, 0.1) is 5.41 Å². The monoisotopic (exact) mass is 516 g/mol. The fourth-order valence-corrected chi connectivity index (χ4v) is 7.30. The Labute approximate surface area is 223 Å². The van der Waals surface area contributed by atoms with E-state index >= 15 is 0 Å². The van der Waals surface area contributed by atoms with Crippen molar-refractivity contribution in [3.63, 3.8) is 0 Å². The van der Waals surface area contributed by atoms with Crippen LogP contribution in [0.4, 0.5) is 5.00 Å². The summed E-state index contributed by atoms with van der Waals surface area (Å²) in [6, 6.07) is 15.3. The summed E-state index contributed by atoms with van der Waals surface area (Å²) >= 11 is 1.66. The molecule has 1 atom stereocenters. The lowest BCUT2D eigenvalue weighted by Crippen LogP contribution is -2.36. The maximum atomic E-state index is 13.2. The molecule has 2 aromatic heterocycles. The third-order valence-electron chi connectivity index (χ3n) is 7.78. The van der Waals surface area contributed by atoms with E-state index in [2.05, 4.69) is 66.1 Å². The molecule has 1 aliphatic carbocycles. The molecule has 2 aliphatic heterocycles. The number of ketones is 1. The molecule has 0 unspecified atom stereocenters. The lowest BCUT2D eigenvalue weighted by Gasteiger charge is -2.30. The first-order valence-corrected chi connectivity index (χ1v) is 14.2. The van der Waals surface area contributed by atoms with Gasteiger partial charge in [0.05, 0.1) is 29.5 Å². The third kappa shape index (κ3) is 5.10. The van der Waals surface area contributed by atoms with Gasteiger partial charge in [0.1, 0.15) is 5.00 Å². The summed E-state index contributed by atoms with van der Waals surface area (Å²) in [6.07, 6.45) is 2.56. The number of hydrogen-bond donors (Lipinski definition) is 1. The molecule has 3 aromatic rings. The molecule has 6 nitrogen and oxygen atoms in total. The largest absolute Gasteiger partial charge is 0.378 e. The smallest absolute Gasteiger partial charge is 0.173 e.